The van der Waals surface area contributed by atoms with Gasteiger partial charge in [0.2, 0.25) is 0 Å². The molecule has 0 radical (unpaired) electrons. The molecular formula is C14H22N2O3. The lowest BCUT2D eigenvalue weighted by Gasteiger charge is -2.24. The Morgan fingerprint density at radius 2 is 2.21 bits per heavy atom. The van der Waals surface area contributed by atoms with Crippen LogP contribution in [0.25, 0.3) is 0 Å². The largest absolute Gasteiger partial charge is 0.393 e. The molecule has 1 aliphatic heterocycles. The number of hydrogen-bond donors (Lipinski definition) is 3. The second-order valence-electron chi connectivity index (χ2n) is 5.28. The van der Waals surface area contributed by atoms with Crippen molar-refractivity contribution in [1.82, 2.24) is 9.88 Å². The highest BCUT2D eigenvalue weighted by Crippen LogP contribution is 2.22. The first-order valence-electron chi connectivity index (χ1n) is 6.88. The van der Waals surface area contributed by atoms with Gasteiger partial charge in [-0.3, -0.25) is 4.79 Å². The predicted molar refractivity (Wildman–Crippen MR) is 72.0 cm³/mol. The van der Waals surface area contributed by atoms with Gasteiger partial charge in [0.25, 0.3) is 5.91 Å². The van der Waals surface area contributed by atoms with Gasteiger partial charge in [-0.25, -0.2) is 0 Å². The SMILES string of the molecule is CCc1ccc(C(=O)N2CCC[C@@](O)(CO)CC2)[nH]1. The third kappa shape index (κ3) is 3.16. The number of aryl methyl sites for hydroxylation is 1. The highest BCUT2D eigenvalue weighted by atomic mass is 16.3. The van der Waals surface area contributed by atoms with E-state index in [1.165, 1.54) is 0 Å². The first kappa shape index (κ1) is 14.1. The smallest absolute Gasteiger partial charge is 0.270 e. The van der Waals surface area contributed by atoms with E-state index in [1.807, 2.05) is 19.1 Å². The van der Waals surface area contributed by atoms with Crippen LogP contribution < -0.4 is 0 Å². The number of aromatic amines is 1. The molecule has 0 aliphatic carbocycles. The molecule has 2 rings (SSSR count). The van der Waals surface area contributed by atoms with Crippen LogP contribution in [-0.2, 0) is 6.42 Å². The van der Waals surface area contributed by atoms with Gasteiger partial charge in [0.15, 0.2) is 0 Å². The molecule has 0 unspecified atom stereocenters. The molecule has 1 aromatic rings. The summed E-state index contributed by atoms with van der Waals surface area (Å²) in [6.07, 6.45) is 2.55. The Balaban J connectivity index is 2.03. The van der Waals surface area contributed by atoms with Crippen LogP contribution in [0.3, 0.4) is 0 Å². The number of carbonyl (C=O) groups is 1. The molecule has 0 bridgehead atoms. The van der Waals surface area contributed by atoms with Gasteiger partial charge in [-0.15, -0.1) is 0 Å². The van der Waals surface area contributed by atoms with E-state index >= 15 is 0 Å². The maximum Gasteiger partial charge on any atom is 0.270 e. The van der Waals surface area contributed by atoms with E-state index in [1.54, 1.807) is 4.90 Å². The van der Waals surface area contributed by atoms with E-state index in [-0.39, 0.29) is 12.5 Å². The van der Waals surface area contributed by atoms with Crippen LogP contribution in [0, 0.1) is 0 Å². The number of aliphatic hydroxyl groups is 2. The van der Waals surface area contributed by atoms with Crippen molar-refractivity contribution in [2.24, 2.45) is 0 Å². The Morgan fingerprint density at radius 1 is 1.42 bits per heavy atom. The zero-order valence-electron chi connectivity index (χ0n) is 11.4. The summed E-state index contributed by atoms with van der Waals surface area (Å²) >= 11 is 0. The minimum atomic E-state index is -1.03. The summed E-state index contributed by atoms with van der Waals surface area (Å²) in [6.45, 7) is 2.91. The molecule has 106 valence electrons. The van der Waals surface area contributed by atoms with Crippen LogP contribution >= 0.6 is 0 Å². The number of aliphatic hydroxyl groups excluding tert-OH is 1. The molecule has 1 aromatic heterocycles. The third-order valence-electron chi connectivity index (χ3n) is 3.86. The van der Waals surface area contributed by atoms with E-state index in [0.29, 0.717) is 38.0 Å². The number of H-pyrrole nitrogens is 1. The fourth-order valence-electron chi connectivity index (χ4n) is 2.48. The number of amides is 1. The van der Waals surface area contributed by atoms with Gasteiger partial charge >= 0.3 is 0 Å². The second kappa shape index (κ2) is 5.75. The highest BCUT2D eigenvalue weighted by molar-refractivity contribution is 5.92. The highest BCUT2D eigenvalue weighted by Gasteiger charge is 2.31. The standard InChI is InChI=1S/C14H22N2O3/c1-2-11-4-5-12(15-11)13(18)16-8-3-6-14(19,10-17)7-9-16/h4-5,15,17,19H,2-3,6-10H2,1H3/t14-/m0/s1. The van der Waals surface area contributed by atoms with Crippen molar-refractivity contribution < 1.29 is 15.0 Å². The molecule has 0 saturated carbocycles. The van der Waals surface area contributed by atoms with Gasteiger partial charge in [0.1, 0.15) is 5.69 Å². The molecule has 0 spiro atoms. The Hall–Kier alpha value is -1.33. The lowest BCUT2D eigenvalue weighted by atomic mass is 9.96. The van der Waals surface area contributed by atoms with E-state index < -0.39 is 5.60 Å². The molecule has 0 aromatic carbocycles. The average Bonchev–Trinajstić information content (AvgIpc) is 2.82. The summed E-state index contributed by atoms with van der Waals surface area (Å²) in [5, 5.41) is 19.3. The van der Waals surface area contributed by atoms with E-state index in [2.05, 4.69) is 4.98 Å². The van der Waals surface area contributed by atoms with Gasteiger partial charge in [0.05, 0.1) is 12.2 Å². The van der Waals surface area contributed by atoms with Crippen LogP contribution in [0.2, 0.25) is 0 Å². The van der Waals surface area contributed by atoms with Crippen molar-refractivity contribution in [1.29, 1.82) is 0 Å². The molecule has 5 heteroatoms. The number of hydrogen-bond acceptors (Lipinski definition) is 3. The molecule has 1 fully saturated rings. The van der Waals surface area contributed by atoms with Crippen molar-refractivity contribution in [2.45, 2.75) is 38.2 Å². The Bertz CT molecular complexity index is 444. The Kier molecular flexibility index (Phi) is 4.27. The van der Waals surface area contributed by atoms with Crippen LogP contribution in [-0.4, -0.2) is 51.3 Å². The fraction of sp³-hybridized carbons (Fsp3) is 0.643. The molecular weight excluding hydrogens is 244 g/mol. The minimum absolute atomic E-state index is 0.0260. The molecule has 5 nitrogen and oxygen atoms in total. The molecule has 1 saturated heterocycles. The number of likely N-dealkylation sites (tertiary alicyclic amines) is 1. The van der Waals surface area contributed by atoms with Crippen molar-refractivity contribution in [3.05, 3.63) is 23.5 Å². The lowest BCUT2D eigenvalue weighted by Crippen LogP contribution is -2.36. The first-order valence-corrected chi connectivity index (χ1v) is 6.88. The van der Waals surface area contributed by atoms with E-state index in [0.717, 1.165) is 12.1 Å². The zero-order chi connectivity index (χ0) is 13.9. The zero-order valence-corrected chi connectivity index (χ0v) is 11.4. The van der Waals surface area contributed by atoms with Gasteiger partial charge in [-0.1, -0.05) is 6.92 Å². The first-order chi connectivity index (χ1) is 9.08. The predicted octanol–water partition coefficient (Wildman–Crippen LogP) is 0.927. The maximum absolute atomic E-state index is 12.3. The quantitative estimate of drug-likeness (QED) is 0.761. The molecule has 2 heterocycles. The molecule has 1 atom stereocenters. The van der Waals surface area contributed by atoms with Gasteiger partial charge in [-0.05, 0) is 37.8 Å². The number of nitrogens with zero attached hydrogens (tertiary/aromatic N) is 1. The summed E-state index contributed by atoms with van der Waals surface area (Å²) in [5.41, 5.74) is 0.621. The van der Waals surface area contributed by atoms with Crippen LogP contribution in [0.5, 0.6) is 0 Å². The normalized spacial score (nSPS) is 24.3. The van der Waals surface area contributed by atoms with Crippen LogP contribution in [0.1, 0.15) is 42.4 Å². The van der Waals surface area contributed by atoms with Crippen molar-refractivity contribution in [3.8, 4) is 0 Å². The van der Waals surface area contributed by atoms with Crippen molar-refractivity contribution >= 4 is 5.91 Å². The lowest BCUT2D eigenvalue weighted by molar-refractivity contribution is -0.0250. The van der Waals surface area contributed by atoms with E-state index in [4.69, 9.17) is 0 Å². The number of rotatable bonds is 3. The molecule has 1 aliphatic rings. The van der Waals surface area contributed by atoms with Crippen LogP contribution in [0.4, 0.5) is 0 Å². The third-order valence-corrected chi connectivity index (χ3v) is 3.86. The van der Waals surface area contributed by atoms with Crippen molar-refractivity contribution in [3.63, 3.8) is 0 Å². The maximum atomic E-state index is 12.3. The Labute approximate surface area is 113 Å². The molecule has 1 amide bonds. The molecule has 3 N–H and O–H groups in total. The topological polar surface area (TPSA) is 76.6 Å². The Morgan fingerprint density at radius 3 is 2.84 bits per heavy atom. The molecule has 19 heavy (non-hydrogen) atoms. The summed E-state index contributed by atoms with van der Waals surface area (Å²) in [7, 11) is 0. The van der Waals surface area contributed by atoms with Crippen molar-refractivity contribution in [2.75, 3.05) is 19.7 Å². The summed E-state index contributed by atoms with van der Waals surface area (Å²) in [4.78, 5) is 17.2. The fourth-order valence-corrected chi connectivity index (χ4v) is 2.48. The van der Waals surface area contributed by atoms with E-state index in [9.17, 15) is 15.0 Å². The summed E-state index contributed by atoms with van der Waals surface area (Å²) < 4.78 is 0. The average molecular weight is 266 g/mol. The summed E-state index contributed by atoms with van der Waals surface area (Å²) in [6, 6.07) is 3.74. The summed E-state index contributed by atoms with van der Waals surface area (Å²) in [5.74, 6) is -0.0260. The van der Waals surface area contributed by atoms with Gasteiger partial charge in [0, 0.05) is 18.8 Å². The van der Waals surface area contributed by atoms with Crippen LogP contribution in [0.15, 0.2) is 12.1 Å². The number of carbonyl (C=O) groups excluding carboxylic acids is 1. The van der Waals surface area contributed by atoms with Gasteiger partial charge < -0.3 is 20.1 Å². The number of aromatic nitrogens is 1. The number of nitrogens with one attached hydrogen (secondary N) is 1. The van der Waals surface area contributed by atoms with Gasteiger partial charge in [-0.2, -0.15) is 0 Å². The minimum Gasteiger partial charge on any atom is -0.393 e. The second-order valence-corrected chi connectivity index (χ2v) is 5.28. The monoisotopic (exact) mass is 266 g/mol.